The number of ether oxygens (including phenoxy) is 1. The van der Waals surface area contributed by atoms with Gasteiger partial charge in [0.25, 0.3) is 11.8 Å². The van der Waals surface area contributed by atoms with Gasteiger partial charge in [-0.3, -0.25) is 9.59 Å². The van der Waals surface area contributed by atoms with E-state index in [0.717, 1.165) is 12.8 Å². The lowest BCUT2D eigenvalue weighted by atomic mass is 10.0. The zero-order valence-corrected chi connectivity index (χ0v) is 12.7. The maximum Gasteiger partial charge on any atom is 0.262 e. The van der Waals surface area contributed by atoms with Gasteiger partial charge in [-0.1, -0.05) is 13.8 Å². The minimum Gasteiger partial charge on any atom is -0.482 e. The molecule has 1 aromatic carbocycles. The Balaban J connectivity index is 1.98. The molecule has 0 bridgehead atoms. The predicted octanol–water partition coefficient (Wildman–Crippen LogP) is 2.57. The Labute approximate surface area is 125 Å². The lowest BCUT2D eigenvalue weighted by molar-refractivity contribution is -0.118. The van der Waals surface area contributed by atoms with Crippen LogP contribution in [0.5, 0.6) is 5.75 Å². The third-order valence-corrected chi connectivity index (χ3v) is 3.43. The van der Waals surface area contributed by atoms with Gasteiger partial charge >= 0.3 is 0 Å². The van der Waals surface area contributed by atoms with Crippen molar-refractivity contribution in [3.8, 4) is 5.75 Å². The van der Waals surface area contributed by atoms with Crippen molar-refractivity contribution in [1.82, 2.24) is 5.32 Å². The van der Waals surface area contributed by atoms with E-state index in [9.17, 15) is 9.59 Å². The van der Waals surface area contributed by atoms with Crippen molar-refractivity contribution >= 4 is 17.5 Å². The molecule has 0 saturated heterocycles. The molecule has 1 aliphatic rings. The van der Waals surface area contributed by atoms with Crippen LogP contribution in [0.25, 0.3) is 0 Å². The predicted molar refractivity (Wildman–Crippen MR) is 81.6 cm³/mol. The van der Waals surface area contributed by atoms with E-state index in [1.165, 1.54) is 0 Å². The molecule has 0 spiro atoms. The first kappa shape index (κ1) is 15.4. The Morgan fingerprint density at radius 1 is 1.33 bits per heavy atom. The first-order valence-electron chi connectivity index (χ1n) is 7.33. The fourth-order valence-corrected chi connectivity index (χ4v) is 2.18. The average molecular weight is 290 g/mol. The largest absolute Gasteiger partial charge is 0.482 e. The van der Waals surface area contributed by atoms with E-state index >= 15 is 0 Å². The van der Waals surface area contributed by atoms with Crippen molar-refractivity contribution in [2.75, 3.05) is 11.9 Å². The number of nitrogens with one attached hydrogen (secondary N) is 2. The number of benzene rings is 1. The van der Waals surface area contributed by atoms with Gasteiger partial charge in [-0.2, -0.15) is 0 Å². The standard InChI is InChI=1S/C16H22N2O3/c1-10(2)4-5-11(3)17-16(20)12-6-7-13-14(8-12)21-9-15(19)18-13/h6-8,10-11H,4-5,9H2,1-3H3,(H,17,20)(H,18,19)/t11-/m1/s1. The number of hydrogen-bond donors (Lipinski definition) is 2. The zero-order valence-electron chi connectivity index (χ0n) is 12.7. The van der Waals surface area contributed by atoms with Crippen molar-refractivity contribution < 1.29 is 14.3 Å². The van der Waals surface area contributed by atoms with Crippen LogP contribution in [0.4, 0.5) is 5.69 Å². The SMILES string of the molecule is CC(C)CC[C@@H](C)NC(=O)c1ccc2c(c1)OCC(=O)N2. The van der Waals surface area contributed by atoms with E-state index in [4.69, 9.17) is 4.74 Å². The maximum atomic E-state index is 12.2. The average Bonchev–Trinajstić information content (AvgIpc) is 2.44. The van der Waals surface area contributed by atoms with Gasteiger partial charge in [0.15, 0.2) is 6.61 Å². The maximum absolute atomic E-state index is 12.2. The molecule has 1 aromatic rings. The van der Waals surface area contributed by atoms with Crippen LogP contribution >= 0.6 is 0 Å². The summed E-state index contributed by atoms with van der Waals surface area (Å²) in [6.07, 6.45) is 2.04. The van der Waals surface area contributed by atoms with Crippen molar-refractivity contribution in [3.05, 3.63) is 23.8 Å². The molecule has 1 aliphatic heterocycles. The van der Waals surface area contributed by atoms with Gasteiger partial charge in [0, 0.05) is 11.6 Å². The second kappa shape index (κ2) is 6.61. The highest BCUT2D eigenvalue weighted by Crippen LogP contribution is 2.28. The third kappa shape index (κ3) is 4.21. The Morgan fingerprint density at radius 2 is 2.10 bits per heavy atom. The second-order valence-electron chi connectivity index (χ2n) is 5.89. The summed E-state index contributed by atoms with van der Waals surface area (Å²) in [5.41, 5.74) is 1.15. The Hall–Kier alpha value is -2.04. The fourth-order valence-electron chi connectivity index (χ4n) is 2.18. The summed E-state index contributed by atoms with van der Waals surface area (Å²) in [7, 11) is 0. The number of carbonyl (C=O) groups is 2. The number of carbonyl (C=O) groups excluding carboxylic acids is 2. The van der Waals surface area contributed by atoms with E-state index < -0.39 is 0 Å². The van der Waals surface area contributed by atoms with Crippen molar-refractivity contribution in [3.63, 3.8) is 0 Å². The minimum atomic E-state index is -0.179. The van der Waals surface area contributed by atoms with E-state index in [-0.39, 0.29) is 24.5 Å². The van der Waals surface area contributed by atoms with Gasteiger partial charge in [0.2, 0.25) is 0 Å². The normalized spacial score (nSPS) is 15.0. The van der Waals surface area contributed by atoms with Gasteiger partial charge in [-0.15, -0.1) is 0 Å². The van der Waals surface area contributed by atoms with E-state index in [0.29, 0.717) is 22.9 Å². The quantitative estimate of drug-likeness (QED) is 0.876. The van der Waals surface area contributed by atoms with Crippen LogP contribution in [0.1, 0.15) is 44.0 Å². The molecule has 5 heteroatoms. The van der Waals surface area contributed by atoms with Gasteiger partial charge < -0.3 is 15.4 Å². The number of fused-ring (bicyclic) bond motifs is 1. The van der Waals surface area contributed by atoms with Gasteiger partial charge in [-0.05, 0) is 43.9 Å². The molecule has 0 unspecified atom stereocenters. The fraction of sp³-hybridized carbons (Fsp3) is 0.500. The number of hydrogen-bond acceptors (Lipinski definition) is 3. The van der Waals surface area contributed by atoms with Crippen LogP contribution < -0.4 is 15.4 Å². The highest BCUT2D eigenvalue weighted by Gasteiger charge is 2.18. The lowest BCUT2D eigenvalue weighted by Gasteiger charge is -2.19. The highest BCUT2D eigenvalue weighted by atomic mass is 16.5. The van der Waals surface area contributed by atoms with E-state index in [1.54, 1.807) is 18.2 Å². The summed E-state index contributed by atoms with van der Waals surface area (Å²) in [6, 6.07) is 5.19. The van der Waals surface area contributed by atoms with E-state index in [1.807, 2.05) is 6.92 Å². The summed E-state index contributed by atoms with van der Waals surface area (Å²) in [5.74, 6) is 0.874. The van der Waals surface area contributed by atoms with Crippen molar-refractivity contribution in [1.29, 1.82) is 0 Å². The highest BCUT2D eigenvalue weighted by molar-refractivity contribution is 5.99. The first-order valence-corrected chi connectivity index (χ1v) is 7.33. The molecule has 114 valence electrons. The minimum absolute atomic E-state index is 0.0110. The third-order valence-electron chi connectivity index (χ3n) is 3.43. The lowest BCUT2D eigenvalue weighted by Crippen LogP contribution is -2.33. The van der Waals surface area contributed by atoms with E-state index in [2.05, 4.69) is 24.5 Å². The van der Waals surface area contributed by atoms with Crippen LogP contribution in [0.15, 0.2) is 18.2 Å². The van der Waals surface area contributed by atoms with Crippen LogP contribution in [0.2, 0.25) is 0 Å². The molecule has 0 radical (unpaired) electrons. The molecule has 2 N–H and O–H groups in total. The van der Waals surface area contributed by atoms with Gasteiger partial charge in [0.05, 0.1) is 5.69 Å². The van der Waals surface area contributed by atoms with Gasteiger partial charge in [-0.25, -0.2) is 0 Å². The second-order valence-corrected chi connectivity index (χ2v) is 5.89. The van der Waals surface area contributed by atoms with Crippen molar-refractivity contribution in [2.45, 2.75) is 39.7 Å². The molecule has 21 heavy (non-hydrogen) atoms. The molecule has 1 atom stereocenters. The van der Waals surface area contributed by atoms with Crippen LogP contribution in [0.3, 0.4) is 0 Å². The molecular formula is C16H22N2O3. The molecule has 2 amide bonds. The van der Waals surface area contributed by atoms with Crippen LogP contribution in [0, 0.1) is 5.92 Å². The molecule has 0 fully saturated rings. The Kier molecular flexibility index (Phi) is 4.83. The Morgan fingerprint density at radius 3 is 2.81 bits per heavy atom. The first-order chi connectivity index (χ1) is 9.95. The van der Waals surface area contributed by atoms with Crippen LogP contribution in [-0.2, 0) is 4.79 Å². The number of rotatable bonds is 5. The molecular weight excluding hydrogens is 268 g/mol. The van der Waals surface area contributed by atoms with Crippen molar-refractivity contribution in [2.24, 2.45) is 5.92 Å². The zero-order chi connectivity index (χ0) is 15.4. The molecule has 0 saturated carbocycles. The molecule has 0 aliphatic carbocycles. The summed E-state index contributed by atoms with van der Waals surface area (Å²) in [6.45, 7) is 6.34. The summed E-state index contributed by atoms with van der Waals surface area (Å²) in [4.78, 5) is 23.4. The monoisotopic (exact) mass is 290 g/mol. The summed E-state index contributed by atoms with van der Waals surface area (Å²) < 4.78 is 5.32. The van der Waals surface area contributed by atoms with Gasteiger partial charge in [0.1, 0.15) is 5.75 Å². The summed E-state index contributed by atoms with van der Waals surface area (Å²) >= 11 is 0. The topological polar surface area (TPSA) is 67.4 Å². The smallest absolute Gasteiger partial charge is 0.262 e. The summed E-state index contributed by atoms with van der Waals surface area (Å²) in [5, 5.41) is 5.69. The molecule has 5 nitrogen and oxygen atoms in total. The van der Waals surface area contributed by atoms with Crippen LogP contribution in [-0.4, -0.2) is 24.5 Å². The Bertz CT molecular complexity index is 540. The molecule has 1 heterocycles. The number of amides is 2. The molecule has 2 rings (SSSR count). The number of anilines is 1. The molecule has 0 aromatic heterocycles.